The van der Waals surface area contributed by atoms with Gasteiger partial charge in [0, 0.05) is 38.5 Å². The molecule has 23 heavy (non-hydrogen) atoms. The average Bonchev–Trinajstić information content (AvgIpc) is 3.02. The largest absolute Gasteiger partial charge is 0.433 e. The average molecular weight is 330 g/mol. The summed E-state index contributed by atoms with van der Waals surface area (Å²) in [6.07, 6.45) is -0.407. The summed E-state index contributed by atoms with van der Waals surface area (Å²) in [5, 5.41) is 3.03. The van der Waals surface area contributed by atoms with Crippen LogP contribution in [0.4, 0.5) is 19.1 Å². The van der Waals surface area contributed by atoms with Gasteiger partial charge >= 0.3 is 6.18 Å². The Kier molecular flexibility index (Phi) is 5.01. The number of ether oxygens (including phenoxy) is 1. The molecule has 1 N–H and O–H groups in total. The third kappa shape index (κ3) is 4.54. The zero-order valence-electron chi connectivity index (χ0n) is 12.9. The van der Waals surface area contributed by atoms with Crippen molar-refractivity contribution in [3.8, 4) is 0 Å². The van der Waals surface area contributed by atoms with Crippen LogP contribution < -0.4 is 5.32 Å². The van der Waals surface area contributed by atoms with Gasteiger partial charge in [-0.3, -0.25) is 0 Å². The molecule has 3 heterocycles. The first-order valence-electron chi connectivity index (χ1n) is 7.97. The number of piperidine rings is 1. The number of halogens is 3. The molecule has 1 unspecified atom stereocenters. The Morgan fingerprint density at radius 1 is 1.26 bits per heavy atom. The Morgan fingerprint density at radius 2 is 2.04 bits per heavy atom. The van der Waals surface area contributed by atoms with Crippen LogP contribution in [-0.2, 0) is 10.9 Å². The van der Waals surface area contributed by atoms with E-state index in [9.17, 15) is 13.2 Å². The van der Waals surface area contributed by atoms with Crippen molar-refractivity contribution in [1.29, 1.82) is 0 Å². The van der Waals surface area contributed by atoms with Gasteiger partial charge in [-0.2, -0.15) is 13.2 Å². The zero-order valence-corrected chi connectivity index (χ0v) is 12.9. The summed E-state index contributed by atoms with van der Waals surface area (Å²) in [7, 11) is 0. The van der Waals surface area contributed by atoms with Crippen LogP contribution in [0.25, 0.3) is 0 Å². The topological polar surface area (TPSA) is 50.3 Å². The molecule has 1 atom stereocenters. The fraction of sp³-hybridized carbons (Fsp3) is 0.733. The van der Waals surface area contributed by atoms with E-state index in [-0.39, 0.29) is 12.0 Å². The van der Waals surface area contributed by atoms with Crippen LogP contribution in [0.5, 0.6) is 0 Å². The highest BCUT2D eigenvalue weighted by molar-refractivity contribution is 5.27. The van der Waals surface area contributed by atoms with Crippen molar-refractivity contribution in [3.05, 3.63) is 18.0 Å². The molecule has 2 aliphatic heterocycles. The highest BCUT2D eigenvalue weighted by Gasteiger charge is 2.33. The van der Waals surface area contributed by atoms with Crippen molar-refractivity contribution in [3.63, 3.8) is 0 Å². The van der Waals surface area contributed by atoms with E-state index in [1.165, 1.54) is 0 Å². The second-order valence-corrected chi connectivity index (χ2v) is 6.21. The lowest BCUT2D eigenvalue weighted by molar-refractivity contribution is -0.141. The summed E-state index contributed by atoms with van der Waals surface area (Å²) in [4.78, 5) is 9.87. The number of nitrogens with zero attached hydrogens (tertiary/aromatic N) is 3. The van der Waals surface area contributed by atoms with Gasteiger partial charge in [0.25, 0.3) is 0 Å². The predicted molar refractivity (Wildman–Crippen MR) is 79.0 cm³/mol. The Bertz CT molecular complexity index is 512. The molecular weight excluding hydrogens is 309 g/mol. The molecule has 1 aromatic heterocycles. The molecule has 0 aromatic carbocycles. The van der Waals surface area contributed by atoms with Crippen LogP contribution in [0.15, 0.2) is 12.3 Å². The van der Waals surface area contributed by atoms with E-state index in [0.29, 0.717) is 5.92 Å². The highest BCUT2D eigenvalue weighted by atomic mass is 19.4. The third-order valence-corrected chi connectivity index (χ3v) is 4.41. The van der Waals surface area contributed by atoms with Crippen LogP contribution in [0, 0.1) is 5.92 Å². The van der Waals surface area contributed by atoms with Crippen molar-refractivity contribution in [1.82, 2.24) is 14.9 Å². The first-order chi connectivity index (χ1) is 11.0. The van der Waals surface area contributed by atoms with Crippen LogP contribution >= 0.6 is 0 Å². The van der Waals surface area contributed by atoms with Crippen LogP contribution in [-0.4, -0.2) is 53.8 Å². The number of hydrogen-bond donors (Lipinski definition) is 1. The van der Waals surface area contributed by atoms with E-state index >= 15 is 0 Å². The van der Waals surface area contributed by atoms with Crippen molar-refractivity contribution in [2.75, 3.05) is 38.2 Å². The Morgan fingerprint density at radius 3 is 2.70 bits per heavy atom. The van der Waals surface area contributed by atoms with Crippen LogP contribution in [0.1, 0.15) is 25.0 Å². The van der Waals surface area contributed by atoms with E-state index < -0.39 is 11.9 Å². The molecular formula is C15H21F3N4O. The maximum absolute atomic E-state index is 12.7. The van der Waals surface area contributed by atoms with E-state index in [1.807, 2.05) is 0 Å². The summed E-state index contributed by atoms with van der Waals surface area (Å²) in [5.74, 6) is 0.675. The monoisotopic (exact) mass is 330 g/mol. The number of aromatic nitrogens is 2. The Balaban J connectivity index is 1.48. The normalized spacial score (nSPS) is 24.0. The maximum Gasteiger partial charge on any atom is 0.433 e. The molecule has 0 aliphatic carbocycles. The Hall–Kier alpha value is -1.41. The number of alkyl halides is 3. The summed E-state index contributed by atoms with van der Waals surface area (Å²) in [5.41, 5.74) is -0.909. The van der Waals surface area contributed by atoms with E-state index in [4.69, 9.17) is 4.74 Å². The van der Waals surface area contributed by atoms with Crippen molar-refractivity contribution >= 4 is 5.95 Å². The summed E-state index contributed by atoms with van der Waals surface area (Å²) in [6.45, 7) is 4.62. The number of likely N-dealkylation sites (tertiary alicyclic amines) is 1. The van der Waals surface area contributed by atoms with Crippen molar-refractivity contribution in [2.24, 2.45) is 5.92 Å². The van der Waals surface area contributed by atoms with E-state index in [0.717, 1.165) is 64.4 Å². The van der Waals surface area contributed by atoms with E-state index in [2.05, 4.69) is 20.2 Å². The SMILES string of the molecule is FC(F)(F)c1ccnc(NC2CCN(CC3CCOC3)CC2)n1. The third-order valence-electron chi connectivity index (χ3n) is 4.41. The fourth-order valence-electron chi connectivity index (χ4n) is 3.12. The van der Waals surface area contributed by atoms with Gasteiger partial charge in [0.15, 0.2) is 0 Å². The van der Waals surface area contributed by atoms with Gasteiger partial charge in [0.2, 0.25) is 5.95 Å². The first-order valence-corrected chi connectivity index (χ1v) is 7.97. The molecule has 2 fully saturated rings. The molecule has 2 saturated heterocycles. The molecule has 1 aromatic rings. The van der Waals surface area contributed by atoms with Crippen molar-refractivity contribution in [2.45, 2.75) is 31.5 Å². The molecule has 128 valence electrons. The van der Waals surface area contributed by atoms with Crippen molar-refractivity contribution < 1.29 is 17.9 Å². The molecule has 0 bridgehead atoms. The predicted octanol–water partition coefficient (Wildman–Crippen LogP) is 2.41. The molecule has 0 spiro atoms. The van der Waals surface area contributed by atoms with Gasteiger partial charge in [0.05, 0.1) is 6.61 Å². The number of anilines is 1. The standard InChI is InChI=1S/C15H21F3N4O/c16-15(17,18)13-1-5-19-14(21-13)20-12-2-6-22(7-3-12)9-11-4-8-23-10-11/h1,5,11-12H,2-4,6-10H2,(H,19,20,21). The minimum atomic E-state index is -4.44. The number of hydrogen-bond acceptors (Lipinski definition) is 5. The Labute approximate surface area is 133 Å². The quantitative estimate of drug-likeness (QED) is 0.919. The van der Waals surface area contributed by atoms with Gasteiger partial charge in [-0.05, 0) is 31.2 Å². The van der Waals surface area contributed by atoms with Gasteiger partial charge in [-0.25, -0.2) is 9.97 Å². The van der Waals surface area contributed by atoms with Gasteiger partial charge in [-0.15, -0.1) is 0 Å². The minimum absolute atomic E-state index is 0.0578. The van der Waals surface area contributed by atoms with Crippen LogP contribution in [0.3, 0.4) is 0 Å². The smallest absolute Gasteiger partial charge is 0.381 e. The first kappa shape index (κ1) is 16.4. The molecule has 0 saturated carbocycles. The number of nitrogens with one attached hydrogen (secondary N) is 1. The zero-order chi connectivity index (χ0) is 16.3. The van der Waals surface area contributed by atoms with E-state index in [1.54, 1.807) is 0 Å². The summed E-state index contributed by atoms with van der Waals surface area (Å²) < 4.78 is 43.4. The van der Waals surface area contributed by atoms with Crippen LogP contribution in [0.2, 0.25) is 0 Å². The lowest BCUT2D eigenvalue weighted by Crippen LogP contribution is -2.41. The summed E-state index contributed by atoms with van der Waals surface area (Å²) >= 11 is 0. The van der Waals surface area contributed by atoms with Gasteiger partial charge in [-0.1, -0.05) is 0 Å². The van der Waals surface area contributed by atoms with Gasteiger partial charge < -0.3 is 15.0 Å². The molecule has 0 radical (unpaired) electrons. The summed E-state index contributed by atoms with van der Waals surface area (Å²) in [6, 6.07) is 1.01. The molecule has 5 nitrogen and oxygen atoms in total. The fourth-order valence-corrected chi connectivity index (χ4v) is 3.12. The number of rotatable bonds is 4. The molecule has 3 rings (SSSR count). The molecule has 8 heteroatoms. The van der Waals surface area contributed by atoms with Gasteiger partial charge in [0.1, 0.15) is 5.69 Å². The maximum atomic E-state index is 12.7. The molecule has 2 aliphatic rings. The second-order valence-electron chi connectivity index (χ2n) is 6.21. The lowest BCUT2D eigenvalue weighted by atomic mass is 10.0. The molecule has 0 amide bonds. The minimum Gasteiger partial charge on any atom is -0.381 e. The highest BCUT2D eigenvalue weighted by Crippen LogP contribution is 2.28. The lowest BCUT2D eigenvalue weighted by Gasteiger charge is -2.33. The second kappa shape index (κ2) is 7.00.